The van der Waals surface area contributed by atoms with Crippen molar-refractivity contribution in [2.24, 2.45) is 0 Å². The molecule has 5 rings (SSSR count). The van der Waals surface area contributed by atoms with Gasteiger partial charge >= 0.3 is 0 Å². The fraction of sp³-hybridized carbons (Fsp3) is 0.207. The maximum Gasteiger partial charge on any atom is 0.141 e. The van der Waals surface area contributed by atoms with Crippen LogP contribution < -0.4 is 0 Å². The van der Waals surface area contributed by atoms with E-state index in [0.29, 0.717) is 0 Å². The molecule has 5 aromatic rings. The van der Waals surface area contributed by atoms with Crippen LogP contribution in [-0.4, -0.2) is 9.38 Å². The lowest BCUT2D eigenvalue weighted by Crippen LogP contribution is -2.26. The standard InChI is InChI=1S/C29H28N2/c1-28(2,21-13-7-5-8-14-21)25-23-17-11-12-18-24(23)26(31-20-19-30-27(25)31)29(3,4)22-15-9-6-10-16-22/h5-20H,1-4H3. The van der Waals surface area contributed by atoms with E-state index in [4.69, 9.17) is 4.98 Å². The van der Waals surface area contributed by atoms with Crippen molar-refractivity contribution in [3.8, 4) is 0 Å². The number of fused-ring (bicyclic) bond motifs is 2. The highest BCUT2D eigenvalue weighted by atomic mass is 15.0. The van der Waals surface area contributed by atoms with E-state index in [0.717, 1.165) is 5.65 Å². The van der Waals surface area contributed by atoms with Crippen LogP contribution in [-0.2, 0) is 10.8 Å². The van der Waals surface area contributed by atoms with Gasteiger partial charge in [0.1, 0.15) is 5.65 Å². The van der Waals surface area contributed by atoms with Crippen molar-refractivity contribution >= 4 is 16.4 Å². The quantitative estimate of drug-likeness (QED) is 0.311. The summed E-state index contributed by atoms with van der Waals surface area (Å²) in [7, 11) is 0. The number of imidazole rings is 1. The number of benzene rings is 3. The Hall–Kier alpha value is -3.39. The summed E-state index contributed by atoms with van der Waals surface area (Å²) in [6.07, 6.45) is 4.05. The highest BCUT2D eigenvalue weighted by molar-refractivity contribution is 5.94. The molecule has 0 spiro atoms. The topological polar surface area (TPSA) is 17.3 Å². The van der Waals surface area contributed by atoms with Crippen molar-refractivity contribution in [2.75, 3.05) is 0 Å². The van der Waals surface area contributed by atoms with Gasteiger partial charge < -0.3 is 4.40 Å². The van der Waals surface area contributed by atoms with E-state index in [1.807, 2.05) is 6.20 Å². The second-order valence-electron chi connectivity index (χ2n) is 9.37. The van der Waals surface area contributed by atoms with Crippen molar-refractivity contribution in [1.82, 2.24) is 9.38 Å². The van der Waals surface area contributed by atoms with Gasteiger partial charge in [0.15, 0.2) is 0 Å². The molecule has 31 heavy (non-hydrogen) atoms. The largest absolute Gasteiger partial charge is 0.302 e. The molecule has 0 saturated heterocycles. The Morgan fingerprint density at radius 3 is 1.74 bits per heavy atom. The number of aromatic nitrogens is 2. The summed E-state index contributed by atoms with van der Waals surface area (Å²) in [5, 5.41) is 2.55. The van der Waals surface area contributed by atoms with E-state index in [1.165, 1.54) is 33.2 Å². The molecule has 2 nitrogen and oxygen atoms in total. The Morgan fingerprint density at radius 2 is 1.13 bits per heavy atom. The van der Waals surface area contributed by atoms with Gasteiger partial charge in [-0.1, -0.05) is 113 Å². The summed E-state index contributed by atoms with van der Waals surface area (Å²) < 4.78 is 2.31. The Bertz CT molecular complexity index is 1250. The lowest BCUT2D eigenvalue weighted by atomic mass is 9.74. The fourth-order valence-electron chi connectivity index (χ4n) is 5.07. The smallest absolute Gasteiger partial charge is 0.141 e. The molecule has 0 aliphatic carbocycles. The first-order valence-corrected chi connectivity index (χ1v) is 10.9. The zero-order valence-corrected chi connectivity index (χ0v) is 18.6. The molecule has 2 heteroatoms. The molecule has 0 unspecified atom stereocenters. The van der Waals surface area contributed by atoms with Gasteiger partial charge in [0, 0.05) is 39.9 Å². The first kappa shape index (κ1) is 19.6. The first-order valence-electron chi connectivity index (χ1n) is 10.9. The van der Waals surface area contributed by atoms with Crippen molar-refractivity contribution < 1.29 is 0 Å². The van der Waals surface area contributed by atoms with Crippen molar-refractivity contribution in [2.45, 2.75) is 38.5 Å². The number of pyridine rings is 1. The molecule has 2 aromatic heterocycles. The molecule has 0 saturated carbocycles. The average molecular weight is 405 g/mol. The van der Waals surface area contributed by atoms with Crippen LogP contribution in [0.15, 0.2) is 97.3 Å². The van der Waals surface area contributed by atoms with Crippen LogP contribution in [0.25, 0.3) is 16.4 Å². The van der Waals surface area contributed by atoms with Crippen LogP contribution in [0, 0.1) is 0 Å². The van der Waals surface area contributed by atoms with Crippen LogP contribution in [0.2, 0.25) is 0 Å². The van der Waals surface area contributed by atoms with E-state index in [1.54, 1.807) is 0 Å². The normalized spacial score (nSPS) is 12.5. The lowest BCUT2D eigenvalue weighted by molar-refractivity contribution is 0.607. The second kappa shape index (κ2) is 7.09. The van der Waals surface area contributed by atoms with Crippen molar-refractivity contribution in [3.05, 3.63) is 120 Å². The Balaban J connectivity index is 1.90. The molecule has 0 radical (unpaired) electrons. The van der Waals surface area contributed by atoms with E-state index < -0.39 is 0 Å². The van der Waals surface area contributed by atoms with Gasteiger partial charge in [-0.15, -0.1) is 0 Å². The maximum atomic E-state index is 4.89. The molecule has 154 valence electrons. The van der Waals surface area contributed by atoms with E-state index in [-0.39, 0.29) is 10.8 Å². The molecule has 3 aromatic carbocycles. The minimum atomic E-state index is -0.192. The van der Waals surface area contributed by atoms with Crippen LogP contribution in [0.1, 0.15) is 50.1 Å². The maximum absolute atomic E-state index is 4.89. The van der Waals surface area contributed by atoms with Gasteiger partial charge in [-0.05, 0) is 16.5 Å². The highest BCUT2D eigenvalue weighted by Gasteiger charge is 2.34. The van der Waals surface area contributed by atoms with Gasteiger partial charge in [-0.3, -0.25) is 0 Å². The summed E-state index contributed by atoms with van der Waals surface area (Å²) >= 11 is 0. The summed E-state index contributed by atoms with van der Waals surface area (Å²) in [5.41, 5.74) is 5.79. The number of hydrogen-bond acceptors (Lipinski definition) is 1. The molecule has 0 aliphatic rings. The SMILES string of the molecule is CC(C)(c1ccccc1)c1c2ccccc2c(C(C)(C)c2ccccc2)n2ccnc12. The predicted octanol–water partition coefficient (Wildman–Crippen LogP) is 7.14. The Morgan fingerprint density at radius 1 is 0.613 bits per heavy atom. The number of hydrogen-bond donors (Lipinski definition) is 0. The van der Waals surface area contributed by atoms with E-state index >= 15 is 0 Å². The van der Waals surface area contributed by atoms with Gasteiger partial charge in [0.05, 0.1) is 0 Å². The van der Waals surface area contributed by atoms with Gasteiger partial charge in [0.25, 0.3) is 0 Å². The Kier molecular flexibility index (Phi) is 4.48. The average Bonchev–Trinajstić information content (AvgIpc) is 3.26. The van der Waals surface area contributed by atoms with E-state index in [2.05, 4.69) is 123 Å². The Labute approximate surface area is 184 Å². The lowest BCUT2D eigenvalue weighted by Gasteiger charge is -2.33. The van der Waals surface area contributed by atoms with Crippen LogP contribution in [0.4, 0.5) is 0 Å². The highest BCUT2D eigenvalue weighted by Crippen LogP contribution is 2.43. The summed E-state index contributed by atoms with van der Waals surface area (Å²) in [6.45, 7) is 9.23. The third kappa shape index (κ3) is 2.97. The monoisotopic (exact) mass is 404 g/mol. The van der Waals surface area contributed by atoms with Gasteiger partial charge in [-0.2, -0.15) is 0 Å². The zero-order chi connectivity index (χ0) is 21.6. The molecule has 0 aliphatic heterocycles. The second-order valence-corrected chi connectivity index (χ2v) is 9.37. The predicted molar refractivity (Wildman–Crippen MR) is 130 cm³/mol. The molecular formula is C29H28N2. The van der Waals surface area contributed by atoms with Gasteiger partial charge in [0.2, 0.25) is 0 Å². The zero-order valence-electron chi connectivity index (χ0n) is 18.6. The van der Waals surface area contributed by atoms with Crippen molar-refractivity contribution in [1.29, 1.82) is 0 Å². The minimum absolute atomic E-state index is 0.185. The molecule has 0 bridgehead atoms. The molecule has 0 N–H and O–H groups in total. The number of rotatable bonds is 4. The van der Waals surface area contributed by atoms with Crippen molar-refractivity contribution in [3.63, 3.8) is 0 Å². The minimum Gasteiger partial charge on any atom is -0.302 e. The summed E-state index contributed by atoms with van der Waals surface area (Å²) in [6, 6.07) is 30.3. The van der Waals surface area contributed by atoms with Crippen LogP contribution in [0.3, 0.4) is 0 Å². The van der Waals surface area contributed by atoms with Crippen LogP contribution >= 0.6 is 0 Å². The summed E-state index contributed by atoms with van der Waals surface area (Å²) in [5.74, 6) is 0. The third-order valence-electron chi connectivity index (χ3n) is 6.76. The molecule has 0 fully saturated rings. The molecule has 2 heterocycles. The third-order valence-corrected chi connectivity index (χ3v) is 6.76. The summed E-state index contributed by atoms with van der Waals surface area (Å²) in [4.78, 5) is 4.89. The van der Waals surface area contributed by atoms with Crippen LogP contribution in [0.5, 0.6) is 0 Å². The fourth-order valence-corrected chi connectivity index (χ4v) is 5.07. The molecular weight excluding hydrogens is 376 g/mol. The number of nitrogens with zero attached hydrogens (tertiary/aromatic N) is 2. The molecule has 0 atom stereocenters. The first-order chi connectivity index (χ1) is 14.9. The van der Waals surface area contributed by atoms with Gasteiger partial charge in [-0.25, -0.2) is 4.98 Å². The molecule has 0 amide bonds. The van der Waals surface area contributed by atoms with E-state index in [9.17, 15) is 0 Å².